The molecule has 106 valence electrons. The minimum absolute atomic E-state index is 0.139. The Kier molecular flexibility index (Phi) is 4.99. The minimum Gasteiger partial charge on any atom is -0.625 e. The Morgan fingerprint density at radius 1 is 1.20 bits per heavy atom. The van der Waals surface area contributed by atoms with Crippen molar-refractivity contribution in [3.63, 3.8) is 0 Å². The molecule has 0 bridgehead atoms. The van der Waals surface area contributed by atoms with Gasteiger partial charge in [-0.1, -0.05) is 0 Å². The van der Waals surface area contributed by atoms with Gasteiger partial charge in [-0.25, -0.2) is 4.79 Å². The van der Waals surface area contributed by atoms with Crippen molar-refractivity contribution in [1.29, 1.82) is 0 Å². The molecular weight excluding hydrogens is 283 g/mol. The zero-order valence-electron chi connectivity index (χ0n) is 10.4. The van der Waals surface area contributed by atoms with Crippen LogP contribution in [0.1, 0.15) is 10.4 Å². The van der Waals surface area contributed by atoms with Crippen LogP contribution in [0.15, 0.2) is 24.3 Å². The van der Waals surface area contributed by atoms with Gasteiger partial charge in [0.15, 0.2) is 0 Å². The monoisotopic (exact) mass is 296 g/mol. The van der Waals surface area contributed by atoms with E-state index in [0.29, 0.717) is 11.3 Å². The smallest absolute Gasteiger partial charge is 0.485 e. The molecule has 20 heavy (non-hydrogen) atoms. The molecule has 0 aliphatic carbocycles. The van der Waals surface area contributed by atoms with E-state index < -0.39 is 30.6 Å². The van der Waals surface area contributed by atoms with Gasteiger partial charge in [0, 0.05) is 0 Å². The van der Waals surface area contributed by atoms with Gasteiger partial charge in [-0.2, -0.15) is 0 Å². The Balaban J connectivity index is 2.01. The second-order valence-electron chi connectivity index (χ2n) is 4.30. The number of carbonyl (C=O) groups is 1. The fourth-order valence-electron chi connectivity index (χ4n) is 1.75. The van der Waals surface area contributed by atoms with Gasteiger partial charge in [0.25, 0.3) is 0 Å². The van der Waals surface area contributed by atoms with Gasteiger partial charge in [-0.15, -0.1) is 0 Å². The molecule has 7 nitrogen and oxygen atoms in total. The lowest BCUT2D eigenvalue weighted by Gasteiger charge is -2.34. The van der Waals surface area contributed by atoms with Crippen molar-refractivity contribution in [3.8, 4) is 5.75 Å². The van der Waals surface area contributed by atoms with Gasteiger partial charge < -0.3 is 28.6 Å². The zero-order valence-corrected chi connectivity index (χ0v) is 11.5. The lowest BCUT2D eigenvalue weighted by Crippen LogP contribution is -2.54. The fraction of sp³-hybridized carbons (Fsp3) is 0.417. The van der Waals surface area contributed by atoms with Crippen molar-refractivity contribution < 1.29 is 33.4 Å². The van der Waals surface area contributed by atoms with Gasteiger partial charge in [-0.05, 0) is 24.3 Å². The predicted octanol–water partition coefficient (Wildman–Crippen LogP) is -1.26. The SMILES string of the molecule is O=C([O][Al])c1ccc(O[C@@H]2OC[C@@H](O)[C@H](O)[C@H]2O)cc1. The first kappa shape index (κ1) is 15.3. The van der Waals surface area contributed by atoms with Crippen molar-refractivity contribution in [3.05, 3.63) is 29.8 Å². The Morgan fingerprint density at radius 2 is 1.85 bits per heavy atom. The largest absolute Gasteiger partial charge is 0.625 e. The number of aliphatic hydroxyl groups is 3. The van der Waals surface area contributed by atoms with Crippen LogP contribution in [0.2, 0.25) is 0 Å². The van der Waals surface area contributed by atoms with Crippen LogP contribution in [-0.2, 0) is 8.53 Å². The van der Waals surface area contributed by atoms with E-state index in [1.807, 2.05) is 16.6 Å². The lowest BCUT2D eigenvalue weighted by atomic mass is 10.1. The normalized spacial score (nSPS) is 29.8. The van der Waals surface area contributed by atoms with Crippen molar-refractivity contribution in [2.75, 3.05) is 6.61 Å². The minimum atomic E-state index is -1.37. The Labute approximate surface area is 123 Å². The summed E-state index contributed by atoms with van der Waals surface area (Å²) in [5.41, 5.74) is 0.341. The van der Waals surface area contributed by atoms with Crippen LogP contribution in [0.3, 0.4) is 0 Å². The summed E-state index contributed by atoms with van der Waals surface area (Å²) in [5.74, 6) is -0.160. The highest BCUT2D eigenvalue weighted by molar-refractivity contribution is 6.09. The molecule has 2 radical (unpaired) electrons. The summed E-state index contributed by atoms with van der Waals surface area (Å²) in [5, 5.41) is 28.5. The molecule has 0 amide bonds. The third kappa shape index (κ3) is 3.30. The van der Waals surface area contributed by atoms with Crippen LogP contribution in [0.5, 0.6) is 5.75 Å². The number of aliphatic hydroxyl groups excluding tert-OH is 3. The van der Waals surface area contributed by atoms with Crippen LogP contribution < -0.4 is 4.74 Å². The van der Waals surface area contributed by atoms with E-state index in [9.17, 15) is 20.1 Å². The van der Waals surface area contributed by atoms with Crippen LogP contribution >= 0.6 is 0 Å². The fourth-order valence-corrected chi connectivity index (χ4v) is 1.89. The van der Waals surface area contributed by atoms with E-state index in [1.54, 1.807) is 0 Å². The molecule has 3 N–H and O–H groups in total. The van der Waals surface area contributed by atoms with Gasteiger partial charge >= 0.3 is 22.6 Å². The van der Waals surface area contributed by atoms with E-state index in [0.717, 1.165) is 0 Å². The maximum atomic E-state index is 11.2. The standard InChI is InChI=1S/C12H14O7.Al/c13-8-5-18-12(10(15)9(8)14)19-7-3-1-6(2-4-7)11(16)17;/h1-4,8-10,12-15H,5H2,(H,16,17);/q;+1/p-1/t8-,9+,10-,12+;/m1./s1. The van der Waals surface area contributed by atoms with Gasteiger partial charge in [0.1, 0.15) is 24.1 Å². The maximum Gasteiger partial charge on any atom is 0.485 e. The maximum absolute atomic E-state index is 11.2. The molecule has 2 rings (SSSR count). The molecule has 0 spiro atoms. The molecule has 0 saturated carbocycles. The first-order valence-electron chi connectivity index (χ1n) is 5.86. The summed E-state index contributed by atoms with van der Waals surface area (Å²) in [6.45, 7) is -0.139. The molecule has 1 fully saturated rings. The highest BCUT2D eigenvalue weighted by Gasteiger charge is 2.38. The molecule has 1 aromatic rings. The summed E-state index contributed by atoms with van der Waals surface area (Å²) in [4.78, 5) is 11.2. The first-order chi connectivity index (χ1) is 9.52. The summed E-state index contributed by atoms with van der Waals surface area (Å²) >= 11 is 1.86. The molecule has 1 aliphatic rings. The van der Waals surface area contributed by atoms with Crippen LogP contribution in [0.25, 0.3) is 0 Å². The summed E-state index contributed by atoms with van der Waals surface area (Å²) < 4.78 is 14.9. The molecule has 1 saturated heterocycles. The highest BCUT2D eigenvalue weighted by Crippen LogP contribution is 2.21. The van der Waals surface area contributed by atoms with E-state index in [4.69, 9.17) is 9.47 Å². The second kappa shape index (κ2) is 6.54. The van der Waals surface area contributed by atoms with Crippen LogP contribution in [-0.4, -0.2) is 69.1 Å². The molecule has 4 atom stereocenters. The first-order valence-corrected chi connectivity index (χ1v) is 6.33. The molecule has 8 heteroatoms. The molecule has 0 unspecified atom stereocenters. The Bertz CT molecular complexity index is 463. The van der Waals surface area contributed by atoms with E-state index in [2.05, 4.69) is 3.79 Å². The number of rotatable bonds is 3. The number of hydrogen-bond acceptors (Lipinski definition) is 7. The second-order valence-corrected chi connectivity index (χ2v) is 4.53. The number of hydrogen-bond donors (Lipinski definition) is 3. The predicted molar refractivity (Wildman–Crippen MR) is 66.0 cm³/mol. The van der Waals surface area contributed by atoms with Crippen LogP contribution in [0, 0.1) is 0 Å². The van der Waals surface area contributed by atoms with Gasteiger partial charge in [0.05, 0.1) is 12.2 Å². The average molecular weight is 296 g/mol. The van der Waals surface area contributed by atoms with E-state index >= 15 is 0 Å². The molecule has 1 aromatic carbocycles. The third-order valence-corrected chi connectivity index (χ3v) is 3.12. The Hall–Kier alpha value is -1.14. The van der Waals surface area contributed by atoms with Crippen molar-refractivity contribution in [1.82, 2.24) is 0 Å². The lowest BCUT2D eigenvalue weighted by molar-refractivity contribution is -0.242. The van der Waals surface area contributed by atoms with Crippen molar-refractivity contribution in [2.45, 2.75) is 24.6 Å². The highest BCUT2D eigenvalue weighted by atomic mass is 27.1. The molecule has 0 aromatic heterocycles. The topological polar surface area (TPSA) is 105 Å². The van der Waals surface area contributed by atoms with E-state index in [1.165, 1.54) is 24.3 Å². The van der Waals surface area contributed by atoms with Crippen molar-refractivity contribution in [2.24, 2.45) is 0 Å². The van der Waals surface area contributed by atoms with Gasteiger partial charge in [0.2, 0.25) is 6.29 Å². The number of ether oxygens (including phenoxy) is 2. The molecule has 1 heterocycles. The van der Waals surface area contributed by atoms with Crippen molar-refractivity contribution >= 4 is 22.6 Å². The van der Waals surface area contributed by atoms with Crippen LogP contribution in [0.4, 0.5) is 0 Å². The van der Waals surface area contributed by atoms with E-state index in [-0.39, 0.29) is 6.61 Å². The zero-order chi connectivity index (χ0) is 14.7. The summed E-state index contributed by atoms with van der Waals surface area (Å²) in [6, 6.07) is 5.99. The van der Waals surface area contributed by atoms with Gasteiger partial charge in [-0.3, -0.25) is 0 Å². The summed E-state index contributed by atoms with van der Waals surface area (Å²) in [6.07, 6.45) is -4.94. The third-order valence-electron chi connectivity index (χ3n) is 2.90. The average Bonchev–Trinajstić information content (AvgIpc) is 2.48. The quantitative estimate of drug-likeness (QED) is 0.598. The number of carbonyl (C=O) groups excluding carboxylic acids is 1. The Morgan fingerprint density at radius 3 is 2.45 bits per heavy atom. The summed E-state index contributed by atoms with van der Waals surface area (Å²) in [7, 11) is 0. The molecular formula is C12H13AlO7. The molecule has 1 aliphatic heterocycles. The number of benzene rings is 1.